The summed E-state index contributed by atoms with van der Waals surface area (Å²) in [6, 6.07) is 14.6. The Hall–Kier alpha value is -2.36. The van der Waals surface area contributed by atoms with Gasteiger partial charge in [-0.15, -0.1) is 0 Å². The molecule has 0 saturated carbocycles. The monoisotopic (exact) mass is 316 g/mol. The molecule has 0 aromatic heterocycles. The first-order valence-electron chi connectivity index (χ1n) is 7.95. The second-order valence-electron chi connectivity index (χ2n) is 5.51. The molecule has 124 valence electrons. The van der Waals surface area contributed by atoms with Crippen LogP contribution < -0.4 is 14.2 Å². The van der Waals surface area contributed by atoms with Gasteiger partial charge in [-0.3, -0.25) is 0 Å². The van der Waals surface area contributed by atoms with Gasteiger partial charge in [0.1, 0.15) is 11.5 Å². The Kier molecular flexibility index (Phi) is 6.60. The largest absolute Gasteiger partial charge is 0.504 e. The molecule has 0 heterocycles. The number of hydrogen-bond acceptors (Lipinski definition) is 4. The number of benzene rings is 2. The van der Waals surface area contributed by atoms with E-state index in [0.717, 1.165) is 24.3 Å². The van der Waals surface area contributed by atoms with Crippen LogP contribution >= 0.6 is 0 Å². The molecule has 0 bridgehead atoms. The van der Waals surface area contributed by atoms with Crippen molar-refractivity contribution in [2.24, 2.45) is 0 Å². The molecule has 23 heavy (non-hydrogen) atoms. The third kappa shape index (κ3) is 6.10. The lowest BCUT2D eigenvalue weighted by Crippen LogP contribution is -2.05. The molecule has 0 unspecified atom stereocenters. The van der Waals surface area contributed by atoms with Gasteiger partial charge in [-0.2, -0.15) is 0 Å². The Morgan fingerprint density at radius 1 is 0.826 bits per heavy atom. The lowest BCUT2D eigenvalue weighted by atomic mass is 10.3. The quantitative estimate of drug-likeness (QED) is 0.696. The highest BCUT2D eigenvalue weighted by molar-refractivity contribution is 5.37. The van der Waals surface area contributed by atoms with Crippen LogP contribution in [0.5, 0.6) is 23.0 Å². The Morgan fingerprint density at radius 2 is 1.43 bits per heavy atom. The molecule has 0 aliphatic carbocycles. The number of ether oxygens (including phenoxy) is 3. The second-order valence-corrected chi connectivity index (χ2v) is 5.51. The van der Waals surface area contributed by atoms with E-state index in [-0.39, 0.29) is 11.9 Å². The fourth-order valence-electron chi connectivity index (χ4n) is 2.04. The van der Waals surface area contributed by atoms with Gasteiger partial charge in [0.2, 0.25) is 0 Å². The molecule has 4 heteroatoms. The van der Waals surface area contributed by atoms with E-state index in [9.17, 15) is 5.11 Å². The van der Waals surface area contributed by atoms with Crippen LogP contribution in [0.25, 0.3) is 0 Å². The van der Waals surface area contributed by atoms with E-state index in [1.54, 1.807) is 18.2 Å². The summed E-state index contributed by atoms with van der Waals surface area (Å²) in [6.07, 6.45) is 1.92. The second kappa shape index (κ2) is 8.93. The van der Waals surface area contributed by atoms with Crippen LogP contribution in [0.4, 0.5) is 0 Å². The number of aromatic hydroxyl groups is 1. The fraction of sp³-hybridized carbons (Fsp3) is 0.368. The standard InChI is InChI=1S/C19H24O4/c1-15(2)23-17-11-9-16(10-12-17)21-13-5-6-14-22-19-8-4-3-7-18(19)20/h3-4,7-12,15,20H,5-6,13-14H2,1-2H3. The summed E-state index contributed by atoms with van der Waals surface area (Å²) in [7, 11) is 0. The van der Waals surface area contributed by atoms with Crippen molar-refractivity contribution in [3.63, 3.8) is 0 Å². The summed E-state index contributed by atoms with van der Waals surface area (Å²) in [5.41, 5.74) is 0. The van der Waals surface area contributed by atoms with E-state index < -0.39 is 0 Å². The van der Waals surface area contributed by atoms with Gasteiger partial charge < -0.3 is 19.3 Å². The summed E-state index contributed by atoms with van der Waals surface area (Å²) in [5, 5.41) is 9.58. The van der Waals surface area contributed by atoms with Gasteiger partial charge in [-0.1, -0.05) is 12.1 Å². The normalized spacial score (nSPS) is 10.6. The Labute approximate surface area is 137 Å². The highest BCUT2D eigenvalue weighted by Gasteiger charge is 2.01. The number of phenols is 1. The van der Waals surface area contributed by atoms with Crippen molar-refractivity contribution in [1.29, 1.82) is 0 Å². The minimum atomic E-state index is 0.172. The van der Waals surface area contributed by atoms with Crippen molar-refractivity contribution in [1.82, 2.24) is 0 Å². The number of hydrogen-bond donors (Lipinski definition) is 1. The maximum absolute atomic E-state index is 9.58. The van der Waals surface area contributed by atoms with Gasteiger partial charge in [0.25, 0.3) is 0 Å². The van der Waals surface area contributed by atoms with Gasteiger partial charge in [-0.25, -0.2) is 0 Å². The van der Waals surface area contributed by atoms with Crippen molar-refractivity contribution in [2.75, 3.05) is 13.2 Å². The van der Waals surface area contributed by atoms with Crippen LogP contribution in [0.15, 0.2) is 48.5 Å². The van der Waals surface area contributed by atoms with E-state index in [2.05, 4.69) is 0 Å². The zero-order valence-corrected chi connectivity index (χ0v) is 13.7. The number of para-hydroxylation sites is 2. The molecule has 0 saturated heterocycles. The summed E-state index contributed by atoms with van der Waals surface area (Å²) in [4.78, 5) is 0. The van der Waals surface area contributed by atoms with Crippen LogP contribution in [0.1, 0.15) is 26.7 Å². The van der Waals surface area contributed by atoms with Crippen molar-refractivity contribution in [2.45, 2.75) is 32.8 Å². The highest BCUT2D eigenvalue weighted by Crippen LogP contribution is 2.24. The van der Waals surface area contributed by atoms with Crippen molar-refractivity contribution in [3.05, 3.63) is 48.5 Å². The first-order chi connectivity index (χ1) is 11.1. The first-order valence-corrected chi connectivity index (χ1v) is 7.95. The Morgan fingerprint density at radius 3 is 2.09 bits per heavy atom. The van der Waals surface area contributed by atoms with Crippen LogP contribution in [-0.2, 0) is 0 Å². The molecule has 0 radical (unpaired) electrons. The van der Waals surface area contributed by atoms with Crippen LogP contribution in [0, 0.1) is 0 Å². The smallest absolute Gasteiger partial charge is 0.160 e. The Balaban J connectivity index is 1.61. The molecule has 2 aromatic carbocycles. The molecule has 0 atom stereocenters. The third-order valence-corrected chi connectivity index (χ3v) is 3.13. The summed E-state index contributed by atoms with van der Waals surface area (Å²) in [5.74, 6) is 2.38. The van der Waals surface area contributed by atoms with Gasteiger partial charge >= 0.3 is 0 Å². The van der Waals surface area contributed by atoms with Crippen molar-refractivity contribution < 1.29 is 19.3 Å². The lowest BCUT2D eigenvalue weighted by molar-refractivity contribution is 0.241. The van der Waals surface area contributed by atoms with Gasteiger partial charge in [-0.05, 0) is 63.1 Å². The molecule has 0 spiro atoms. The van der Waals surface area contributed by atoms with E-state index >= 15 is 0 Å². The predicted octanol–water partition coefficient (Wildman–Crippen LogP) is 4.42. The van der Waals surface area contributed by atoms with Gasteiger partial charge in [0.05, 0.1) is 19.3 Å². The highest BCUT2D eigenvalue weighted by atomic mass is 16.5. The summed E-state index contributed by atoms with van der Waals surface area (Å²) in [6.45, 7) is 5.19. The maximum atomic E-state index is 9.58. The van der Waals surface area contributed by atoms with E-state index in [4.69, 9.17) is 14.2 Å². The minimum absolute atomic E-state index is 0.172. The molecule has 1 N–H and O–H groups in total. The number of unbranched alkanes of at least 4 members (excludes halogenated alkanes) is 1. The van der Waals surface area contributed by atoms with Crippen LogP contribution in [-0.4, -0.2) is 24.4 Å². The average Bonchev–Trinajstić information content (AvgIpc) is 2.53. The molecule has 0 fully saturated rings. The summed E-state index contributed by atoms with van der Waals surface area (Å²) < 4.78 is 16.8. The molecule has 0 amide bonds. The molecule has 0 aliphatic heterocycles. The van der Waals surface area contributed by atoms with Crippen LogP contribution in [0.3, 0.4) is 0 Å². The van der Waals surface area contributed by atoms with Crippen LogP contribution in [0.2, 0.25) is 0 Å². The van der Waals surface area contributed by atoms with E-state index in [1.165, 1.54) is 0 Å². The first kappa shape index (κ1) is 17.0. The third-order valence-electron chi connectivity index (χ3n) is 3.13. The van der Waals surface area contributed by atoms with Crippen molar-refractivity contribution in [3.8, 4) is 23.0 Å². The topological polar surface area (TPSA) is 47.9 Å². The molecule has 4 nitrogen and oxygen atoms in total. The molecular formula is C19H24O4. The molecule has 0 aliphatic rings. The van der Waals surface area contributed by atoms with Gasteiger partial charge in [0, 0.05) is 0 Å². The lowest BCUT2D eigenvalue weighted by Gasteiger charge is -2.11. The molecule has 2 aromatic rings. The molecular weight excluding hydrogens is 292 g/mol. The van der Waals surface area contributed by atoms with E-state index in [0.29, 0.717) is 19.0 Å². The maximum Gasteiger partial charge on any atom is 0.160 e. The van der Waals surface area contributed by atoms with Gasteiger partial charge in [0.15, 0.2) is 11.5 Å². The number of phenolic OH excluding ortho intramolecular Hbond substituents is 1. The Bertz CT molecular complexity index is 578. The fourth-order valence-corrected chi connectivity index (χ4v) is 2.04. The average molecular weight is 316 g/mol. The van der Waals surface area contributed by atoms with E-state index in [1.807, 2.05) is 44.2 Å². The summed E-state index contributed by atoms with van der Waals surface area (Å²) >= 11 is 0. The molecule has 2 rings (SSSR count). The minimum Gasteiger partial charge on any atom is -0.504 e. The zero-order valence-electron chi connectivity index (χ0n) is 13.7. The zero-order chi connectivity index (χ0) is 16.5. The SMILES string of the molecule is CC(C)Oc1ccc(OCCCCOc2ccccc2O)cc1. The predicted molar refractivity (Wildman–Crippen MR) is 90.5 cm³/mol. The van der Waals surface area contributed by atoms with Crippen molar-refractivity contribution >= 4 is 0 Å². The number of rotatable bonds is 9.